The maximum absolute atomic E-state index is 13.6. The maximum atomic E-state index is 13.6. The molecule has 2 aliphatic rings. The Kier molecular flexibility index (Phi) is 6.94. The van der Waals surface area contributed by atoms with Gasteiger partial charge in [0.2, 0.25) is 5.91 Å². The largest absolute Gasteiger partial charge is 0.497 e. The molecule has 0 bridgehead atoms. The van der Waals surface area contributed by atoms with Crippen LogP contribution < -0.4 is 14.8 Å². The van der Waals surface area contributed by atoms with E-state index in [1.165, 1.54) is 11.1 Å². The lowest BCUT2D eigenvalue weighted by Gasteiger charge is -2.36. The summed E-state index contributed by atoms with van der Waals surface area (Å²) in [5.41, 5.74) is 5.03. The number of hydrogen-bond acceptors (Lipinski definition) is 4. The van der Waals surface area contributed by atoms with Crippen LogP contribution in [0.4, 0.5) is 5.69 Å². The summed E-state index contributed by atoms with van der Waals surface area (Å²) >= 11 is 0. The predicted octanol–water partition coefficient (Wildman–Crippen LogP) is 5.45. The minimum atomic E-state index is -0.520. The van der Waals surface area contributed by atoms with Crippen LogP contribution in [-0.4, -0.2) is 29.9 Å². The first kappa shape index (κ1) is 23.9. The lowest BCUT2D eigenvalue weighted by Crippen LogP contribution is -2.42. The quantitative estimate of drug-likeness (QED) is 0.505. The molecule has 0 radical (unpaired) electrons. The minimum Gasteiger partial charge on any atom is -0.497 e. The number of ether oxygens (including phenoxy) is 2. The van der Waals surface area contributed by atoms with Crippen molar-refractivity contribution in [3.63, 3.8) is 0 Å². The summed E-state index contributed by atoms with van der Waals surface area (Å²) in [4.78, 5) is 28.3. The molecular formula is C30H32N2O4. The highest BCUT2D eigenvalue weighted by molar-refractivity contribution is 5.92. The maximum Gasteiger partial charge on any atom is 0.264 e. The average molecular weight is 485 g/mol. The average Bonchev–Trinajstić information content (AvgIpc) is 3.04. The molecule has 3 aromatic rings. The molecule has 3 aromatic carbocycles. The van der Waals surface area contributed by atoms with Crippen molar-refractivity contribution in [1.82, 2.24) is 4.90 Å². The van der Waals surface area contributed by atoms with Gasteiger partial charge in [0.25, 0.3) is 5.91 Å². The number of aryl methyl sites for hydroxylation is 1. The molecule has 5 rings (SSSR count). The number of hydrogen-bond donors (Lipinski definition) is 1. The standard InChI is InChI=1S/C30H32N2O4/c1-3-27-30(34)32(26-13-7-10-21-9-4-5-12-25(21)26)19-22-18-23(14-15-28(22)36-27)31-29(33)17-20-8-6-11-24(16-20)35-2/h4-6,8-9,11-12,14-16,18,26-27H,3,7,10,13,17,19H2,1-2H3,(H,31,33)/t26-,27-/m1/s1. The highest BCUT2D eigenvalue weighted by Crippen LogP contribution is 2.39. The Bertz CT molecular complexity index is 1270. The van der Waals surface area contributed by atoms with Gasteiger partial charge in [0.1, 0.15) is 11.5 Å². The molecule has 6 nitrogen and oxygen atoms in total. The van der Waals surface area contributed by atoms with E-state index in [0.29, 0.717) is 24.4 Å². The molecule has 36 heavy (non-hydrogen) atoms. The van der Waals surface area contributed by atoms with Crippen LogP contribution in [-0.2, 0) is 29.0 Å². The minimum absolute atomic E-state index is 0.0253. The van der Waals surface area contributed by atoms with Crippen molar-refractivity contribution in [2.45, 2.75) is 57.7 Å². The highest BCUT2D eigenvalue weighted by atomic mass is 16.5. The van der Waals surface area contributed by atoms with E-state index >= 15 is 0 Å². The monoisotopic (exact) mass is 484 g/mol. The second-order valence-corrected chi connectivity index (χ2v) is 9.49. The molecular weight excluding hydrogens is 452 g/mol. The van der Waals surface area contributed by atoms with Crippen LogP contribution in [0.15, 0.2) is 66.7 Å². The molecule has 1 aliphatic carbocycles. The van der Waals surface area contributed by atoms with Crippen LogP contribution in [0.1, 0.15) is 54.5 Å². The van der Waals surface area contributed by atoms with Gasteiger partial charge >= 0.3 is 0 Å². The Morgan fingerprint density at radius 1 is 1.08 bits per heavy atom. The molecule has 0 fully saturated rings. The van der Waals surface area contributed by atoms with E-state index in [4.69, 9.17) is 9.47 Å². The van der Waals surface area contributed by atoms with Crippen molar-refractivity contribution in [1.29, 1.82) is 0 Å². The number of benzene rings is 3. The van der Waals surface area contributed by atoms with Gasteiger partial charge in [-0.1, -0.05) is 43.3 Å². The van der Waals surface area contributed by atoms with E-state index in [9.17, 15) is 9.59 Å². The summed E-state index contributed by atoms with van der Waals surface area (Å²) in [5.74, 6) is 1.34. The topological polar surface area (TPSA) is 67.9 Å². The van der Waals surface area contributed by atoms with Crippen LogP contribution in [0.2, 0.25) is 0 Å². The first-order valence-electron chi connectivity index (χ1n) is 12.7. The van der Waals surface area contributed by atoms with Crippen LogP contribution in [0.5, 0.6) is 11.5 Å². The fraction of sp³-hybridized carbons (Fsp3) is 0.333. The number of nitrogens with one attached hydrogen (secondary N) is 1. The van der Waals surface area contributed by atoms with Gasteiger partial charge in [-0.15, -0.1) is 0 Å². The molecule has 6 heteroatoms. The van der Waals surface area contributed by atoms with Gasteiger partial charge in [0.15, 0.2) is 6.10 Å². The molecule has 0 spiro atoms. The Morgan fingerprint density at radius 3 is 2.78 bits per heavy atom. The number of methoxy groups -OCH3 is 1. The van der Waals surface area contributed by atoms with Crippen molar-refractivity contribution >= 4 is 17.5 Å². The SMILES string of the molecule is CC[C@H]1Oc2ccc(NC(=O)Cc3cccc(OC)c3)cc2CN([C@@H]2CCCc3ccccc32)C1=O. The molecule has 2 amide bonds. The lowest BCUT2D eigenvalue weighted by atomic mass is 9.86. The van der Waals surface area contributed by atoms with Gasteiger partial charge in [0, 0.05) is 11.3 Å². The molecule has 2 atom stereocenters. The number of carbonyl (C=O) groups is 2. The molecule has 0 unspecified atom stereocenters. The third-order valence-electron chi connectivity index (χ3n) is 7.10. The van der Waals surface area contributed by atoms with Gasteiger partial charge in [-0.3, -0.25) is 9.59 Å². The fourth-order valence-corrected chi connectivity index (χ4v) is 5.29. The first-order valence-corrected chi connectivity index (χ1v) is 12.7. The fourth-order valence-electron chi connectivity index (χ4n) is 5.29. The zero-order valence-electron chi connectivity index (χ0n) is 20.8. The smallest absolute Gasteiger partial charge is 0.264 e. The Morgan fingerprint density at radius 2 is 1.94 bits per heavy atom. The number of anilines is 1. The molecule has 0 aromatic heterocycles. The second kappa shape index (κ2) is 10.4. The number of rotatable bonds is 6. The van der Waals surface area contributed by atoms with E-state index in [-0.39, 0.29) is 24.3 Å². The number of carbonyl (C=O) groups excluding carboxylic acids is 2. The van der Waals surface area contributed by atoms with Gasteiger partial charge in [0.05, 0.1) is 26.1 Å². The Labute approximate surface area is 212 Å². The van der Waals surface area contributed by atoms with Crippen molar-refractivity contribution in [2.24, 2.45) is 0 Å². The van der Waals surface area contributed by atoms with E-state index in [1.54, 1.807) is 7.11 Å². The second-order valence-electron chi connectivity index (χ2n) is 9.49. The summed E-state index contributed by atoms with van der Waals surface area (Å²) < 4.78 is 11.5. The van der Waals surface area contributed by atoms with E-state index in [2.05, 4.69) is 29.6 Å². The van der Waals surface area contributed by atoms with E-state index in [0.717, 1.165) is 36.1 Å². The molecule has 1 N–H and O–H groups in total. The lowest BCUT2D eigenvalue weighted by molar-refractivity contribution is -0.141. The zero-order chi connectivity index (χ0) is 25.1. The molecule has 186 valence electrons. The third-order valence-corrected chi connectivity index (χ3v) is 7.10. The van der Waals surface area contributed by atoms with Crippen LogP contribution in [0.3, 0.4) is 0 Å². The van der Waals surface area contributed by atoms with Crippen molar-refractivity contribution in [3.8, 4) is 11.5 Å². The van der Waals surface area contributed by atoms with Gasteiger partial charge in [-0.25, -0.2) is 0 Å². The predicted molar refractivity (Wildman–Crippen MR) is 139 cm³/mol. The van der Waals surface area contributed by atoms with E-state index < -0.39 is 6.10 Å². The molecule has 1 aliphatic heterocycles. The zero-order valence-corrected chi connectivity index (χ0v) is 20.8. The summed E-state index contributed by atoms with van der Waals surface area (Å²) in [7, 11) is 1.61. The summed E-state index contributed by atoms with van der Waals surface area (Å²) in [6, 6.07) is 21.6. The Balaban J connectivity index is 1.39. The van der Waals surface area contributed by atoms with Crippen LogP contribution in [0, 0.1) is 0 Å². The number of amides is 2. The summed E-state index contributed by atoms with van der Waals surface area (Å²) in [6.07, 6.45) is 3.35. The molecule has 0 saturated heterocycles. The molecule has 0 saturated carbocycles. The van der Waals surface area contributed by atoms with E-state index in [1.807, 2.05) is 54.3 Å². The van der Waals surface area contributed by atoms with Crippen LogP contribution >= 0.6 is 0 Å². The third kappa shape index (κ3) is 4.94. The normalized spacial score (nSPS) is 18.9. The van der Waals surface area contributed by atoms with Crippen molar-refractivity contribution in [3.05, 3.63) is 89.0 Å². The summed E-state index contributed by atoms with van der Waals surface area (Å²) in [5, 5.41) is 3.01. The Hall–Kier alpha value is -3.80. The van der Waals surface area contributed by atoms with Gasteiger partial charge in [-0.05, 0) is 72.7 Å². The molecule has 1 heterocycles. The van der Waals surface area contributed by atoms with Gasteiger partial charge < -0.3 is 19.7 Å². The van der Waals surface area contributed by atoms with Crippen molar-refractivity contribution in [2.75, 3.05) is 12.4 Å². The number of nitrogens with zero attached hydrogens (tertiary/aromatic N) is 1. The number of fused-ring (bicyclic) bond motifs is 2. The van der Waals surface area contributed by atoms with Crippen LogP contribution in [0.25, 0.3) is 0 Å². The van der Waals surface area contributed by atoms with Crippen molar-refractivity contribution < 1.29 is 19.1 Å². The first-order chi connectivity index (χ1) is 17.6. The van der Waals surface area contributed by atoms with Gasteiger partial charge in [-0.2, -0.15) is 0 Å². The summed E-state index contributed by atoms with van der Waals surface area (Å²) in [6.45, 7) is 2.43. The highest BCUT2D eigenvalue weighted by Gasteiger charge is 2.36.